The number of morpholine rings is 1. The van der Waals surface area contributed by atoms with Crippen molar-refractivity contribution in [1.82, 2.24) is 14.8 Å². The second-order valence-corrected chi connectivity index (χ2v) is 4.89. The number of ether oxygens (including phenoxy) is 2. The van der Waals surface area contributed by atoms with Crippen LogP contribution < -0.4 is 4.74 Å². The summed E-state index contributed by atoms with van der Waals surface area (Å²) in [5, 5.41) is 0. The summed E-state index contributed by atoms with van der Waals surface area (Å²) in [5.41, 5.74) is 0.724. The quantitative estimate of drug-likeness (QED) is 0.761. The number of aromatic nitrogens is 1. The van der Waals surface area contributed by atoms with E-state index < -0.39 is 6.04 Å². The lowest BCUT2D eigenvalue weighted by atomic mass is 10.2. The highest BCUT2D eigenvalue weighted by Crippen LogP contribution is 2.25. The van der Waals surface area contributed by atoms with Crippen LogP contribution in [0, 0.1) is 0 Å². The largest absolute Gasteiger partial charge is 0.478 e. The van der Waals surface area contributed by atoms with Gasteiger partial charge >= 0.3 is 6.03 Å². The third-order valence-corrected chi connectivity index (χ3v) is 3.62. The zero-order chi connectivity index (χ0) is 14.8. The Kier molecular flexibility index (Phi) is 3.74. The number of carbonyl (C=O) groups is 2. The number of urea groups is 1. The number of rotatable bonds is 4. The van der Waals surface area contributed by atoms with E-state index in [0.717, 1.165) is 5.56 Å². The van der Waals surface area contributed by atoms with E-state index >= 15 is 0 Å². The van der Waals surface area contributed by atoms with Crippen molar-refractivity contribution < 1.29 is 19.1 Å². The molecule has 2 aliphatic heterocycles. The highest BCUT2D eigenvalue weighted by Gasteiger charge is 2.46. The fourth-order valence-corrected chi connectivity index (χ4v) is 2.59. The van der Waals surface area contributed by atoms with Gasteiger partial charge in [0.05, 0.1) is 26.4 Å². The first-order valence-corrected chi connectivity index (χ1v) is 6.98. The third kappa shape index (κ3) is 2.44. The summed E-state index contributed by atoms with van der Waals surface area (Å²) in [4.78, 5) is 31.6. The van der Waals surface area contributed by atoms with E-state index in [2.05, 4.69) is 4.98 Å². The molecule has 2 saturated heterocycles. The maximum absolute atomic E-state index is 12.3. The second kappa shape index (κ2) is 5.69. The van der Waals surface area contributed by atoms with Gasteiger partial charge in [-0.25, -0.2) is 9.78 Å². The summed E-state index contributed by atoms with van der Waals surface area (Å²) >= 11 is 0. The number of fused-ring (bicyclic) bond motifs is 1. The molecular formula is C14H17N3O4. The number of nitrogens with zero attached hydrogens (tertiary/aromatic N) is 3. The van der Waals surface area contributed by atoms with Crippen molar-refractivity contribution in [2.75, 3.05) is 26.4 Å². The van der Waals surface area contributed by atoms with Gasteiger partial charge in [0.2, 0.25) is 5.88 Å². The fraction of sp³-hybridized carbons (Fsp3) is 0.500. The van der Waals surface area contributed by atoms with Gasteiger partial charge in [0.25, 0.3) is 5.91 Å². The van der Waals surface area contributed by atoms with Gasteiger partial charge in [-0.2, -0.15) is 0 Å². The molecule has 1 unspecified atom stereocenters. The molecular weight excluding hydrogens is 274 g/mol. The smallest absolute Gasteiger partial charge is 0.327 e. The molecule has 7 nitrogen and oxygen atoms in total. The minimum Gasteiger partial charge on any atom is -0.478 e. The summed E-state index contributed by atoms with van der Waals surface area (Å²) in [6.07, 6.45) is 1.62. The van der Waals surface area contributed by atoms with Crippen molar-refractivity contribution in [2.45, 2.75) is 19.5 Å². The molecule has 21 heavy (non-hydrogen) atoms. The average molecular weight is 291 g/mol. The standard InChI is InChI=1S/C14H17N3O4/c1-2-21-12-10(4-3-5-15-12)8-17-13(18)11-9-20-7-6-16(11)14(17)19/h3-5,11H,2,6-9H2,1H3. The SMILES string of the molecule is CCOc1ncccc1CN1C(=O)C2COCCN2C1=O. The van der Waals surface area contributed by atoms with Crippen LogP contribution >= 0.6 is 0 Å². The Balaban J connectivity index is 1.81. The predicted octanol–water partition coefficient (Wildman–Crippen LogP) is 0.643. The Morgan fingerprint density at radius 2 is 2.33 bits per heavy atom. The minimum absolute atomic E-state index is 0.174. The zero-order valence-corrected chi connectivity index (χ0v) is 11.8. The molecule has 0 aromatic carbocycles. The van der Waals surface area contributed by atoms with E-state index in [1.165, 1.54) is 4.90 Å². The van der Waals surface area contributed by atoms with Gasteiger partial charge in [0.15, 0.2) is 0 Å². The number of hydrogen-bond acceptors (Lipinski definition) is 5. The summed E-state index contributed by atoms with van der Waals surface area (Å²) in [6.45, 7) is 3.72. The van der Waals surface area contributed by atoms with Crippen LogP contribution in [0.5, 0.6) is 5.88 Å². The Morgan fingerprint density at radius 1 is 1.48 bits per heavy atom. The van der Waals surface area contributed by atoms with Crippen LogP contribution in [-0.4, -0.2) is 59.1 Å². The molecule has 3 rings (SSSR count). The van der Waals surface area contributed by atoms with E-state index in [9.17, 15) is 9.59 Å². The maximum atomic E-state index is 12.3. The summed E-state index contributed by atoms with van der Waals surface area (Å²) in [5.74, 6) is 0.243. The zero-order valence-electron chi connectivity index (χ0n) is 11.8. The van der Waals surface area contributed by atoms with Crippen molar-refractivity contribution in [3.05, 3.63) is 23.9 Å². The van der Waals surface area contributed by atoms with Crippen LogP contribution in [0.3, 0.4) is 0 Å². The molecule has 1 aromatic rings. The van der Waals surface area contributed by atoms with Gasteiger partial charge in [0, 0.05) is 18.3 Å². The Morgan fingerprint density at radius 3 is 3.10 bits per heavy atom. The van der Waals surface area contributed by atoms with E-state index in [4.69, 9.17) is 9.47 Å². The summed E-state index contributed by atoms with van der Waals surface area (Å²) in [7, 11) is 0. The maximum Gasteiger partial charge on any atom is 0.327 e. The number of pyridine rings is 1. The molecule has 1 aromatic heterocycles. The van der Waals surface area contributed by atoms with Crippen LogP contribution in [0.4, 0.5) is 4.79 Å². The Bertz CT molecular complexity index is 539. The lowest BCUT2D eigenvalue weighted by Crippen LogP contribution is -2.45. The van der Waals surface area contributed by atoms with Crippen LogP contribution in [0.25, 0.3) is 0 Å². The van der Waals surface area contributed by atoms with Gasteiger partial charge < -0.3 is 14.4 Å². The van der Waals surface area contributed by atoms with Crippen LogP contribution in [-0.2, 0) is 16.1 Å². The monoisotopic (exact) mass is 291 g/mol. The molecule has 0 radical (unpaired) electrons. The molecule has 0 bridgehead atoms. The highest BCUT2D eigenvalue weighted by molar-refractivity contribution is 6.04. The first-order chi connectivity index (χ1) is 10.2. The molecule has 0 aliphatic carbocycles. The molecule has 3 heterocycles. The lowest BCUT2D eigenvalue weighted by molar-refractivity contribution is -0.131. The van der Waals surface area contributed by atoms with Gasteiger partial charge in [0.1, 0.15) is 6.04 Å². The Hall–Kier alpha value is -2.15. The molecule has 3 amide bonds. The highest BCUT2D eigenvalue weighted by atomic mass is 16.5. The molecule has 0 N–H and O–H groups in total. The molecule has 7 heteroatoms. The Labute approximate surface area is 122 Å². The van der Waals surface area contributed by atoms with Gasteiger partial charge in [-0.3, -0.25) is 9.69 Å². The van der Waals surface area contributed by atoms with E-state index in [0.29, 0.717) is 25.6 Å². The first-order valence-electron chi connectivity index (χ1n) is 6.98. The van der Waals surface area contributed by atoms with Crippen molar-refractivity contribution in [2.24, 2.45) is 0 Å². The average Bonchev–Trinajstić information content (AvgIpc) is 2.75. The molecule has 1 atom stereocenters. The molecule has 112 valence electrons. The van der Waals surface area contributed by atoms with Crippen LogP contribution in [0.1, 0.15) is 12.5 Å². The minimum atomic E-state index is -0.488. The van der Waals surface area contributed by atoms with Crippen molar-refractivity contribution in [3.63, 3.8) is 0 Å². The number of hydrogen-bond donors (Lipinski definition) is 0. The third-order valence-electron chi connectivity index (χ3n) is 3.62. The second-order valence-electron chi connectivity index (χ2n) is 4.89. The topological polar surface area (TPSA) is 72.0 Å². The number of carbonyl (C=O) groups excluding carboxylic acids is 2. The van der Waals surface area contributed by atoms with Gasteiger partial charge in [-0.05, 0) is 13.0 Å². The summed E-state index contributed by atoms with van der Waals surface area (Å²) < 4.78 is 10.7. The fourth-order valence-electron chi connectivity index (χ4n) is 2.59. The predicted molar refractivity (Wildman–Crippen MR) is 72.7 cm³/mol. The molecule has 2 aliphatic rings. The van der Waals surface area contributed by atoms with E-state index in [1.807, 2.05) is 13.0 Å². The van der Waals surface area contributed by atoms with Crippen LogP contribution in [0.15, 0.2) is 18.3 Å². The summed E-state index contributed by atoms with van der Waals surface area (Å²) in [6, 6.07) is 2.82. The number of amides is 3. The van der Waals surface area contributed by atoms with E-state index in [1.54, 1.807) is 17.2 Å². The molecule has 2 fully saturated rings. The van der Waals surface area contributed by atoms with Gasteiger partial charge in [-0.1, -0.05) is 6.07 Å². The van der Waals surface area contributed by atoms with Crippen LogP contribution in [0.2, 0.25) is 0 Å². The first kappa shape index (κ1) is 13.8. The number of imide groups is 1. The van der Waals surface area contributed by atoms with Crippen molar-refractivity contribution in [3.8, 4) is 5.88 Å². The normalized spacial score (nSPS) is 21.7. The molecule has 0 saturated carbocycles. The van der Waals surface area contributed by atoms with E-state index in [-0.39, 0.29) is 25.1 Å². The van der Waals surface area contributed by atoms with Crippen molar-refractivity contribution >= 4 is 11.9 Å². The molecule has 0 spiro atoms. The lowest BCUT2D eigenvalue weighted by Gasteiger charge is -2.26. The van der Waals surface area contributed by atoms with Gasteiger partial charge in [-0.15, -0.1) is 0 Å². The van der Waals surface area contributed by atoms with Crippen molar-refractivity contribution in [1.29, 1.82) is 0 Å².